The SMILES string of the molecule is CC(Nc1cccc(Cl)c1)C(=O)N1CCN(c2ccc(S(=O)(=O)Nc3ccncn3)cc2)CC1.[HH].[HH]. The first-order valence-corrected chi connectivity index (χ1v) is 12.6. The van der Waals surface area contributed by atoms with E-state index in [1.807, 2.05) is 24.0 Å². The molecular formula is C23H29ClN6O3S. The molecule has 4 rings (SSSR count). The molecule has 2 N–H and O–H groups in total. The van der Waals surface area contributed by atoms with Crippen molar-refractivity contribution < 1.29 is 16.1 Å². The number of amides is 1. The number of piperazine rings is 1. The second-order valence-corrected chi connectivity index (χ2v) is 10.0. The van der Waals surface area contributed by atoms with Crippen LogP contribution in [-0.4, -0.2) is 61.4 Å². The molecule has 1 unspecified atom stereocenters. The van der Waals surface area contributed by atoms with Crippen LogP contribution in [0.1, 0.15) is 9.78 Å². The molecule has 11 heteroatoms. The van der Waals surface area contributed by atoms with Gasteiger partial charge in [0.1, 0.15) is 18.2 Å². The Bertz CT molecular complexity index is 1240. The number of carbonyl (C=O) groups excluding carboxylic acids is 1. The standard InChI is InChI=1S/C23H25ClN6O3S.2H2/c1-17(27-19-4-2-3-18(24)15-19)23(31)30-13-11-29(12-14-30)20-5-7-21(8-6-20)34(32,33)28-22-9-10-25-16-26-22;;/h2-10,15-17,27H,11-14H2,1H3,(H,25,26,28);2*1H. The Labute approximate surface area is 206 Å². The third-order valence-corrected chi connectivity index (χ3v) is 7.11. The van der Waals surface area contributed by atoms with Crippen molar-refractivity contribution in [3.63, 3.8) is 0 Å². The van der Waals surface area contributed by atoms with Gasteiger partial charge in [0.15, 0.2) is 0 Å². The summed E-state index contributed by atoms with van der Waals surface area (Å²) >= 11 is 6.02. The van der Waals surface area contributed by atoms with E-state index in [1.54, 1.807) is 36.4 Å². The van der Waals surface area contributed by atoms with Gasteiger partial charge in [-0.1, -0.05) is 17.7 Å². The maximum atomic E-state index is 12.9. The van der Waals surface area contributed by atoms with Crippen molar-refractivity contribution in [2.45, 2.75) is 17.9 Å². The van der Waals surface area contributed by atoms with Crippen molar-refractivity contribution in [1.29, 1.82) is 0 Å². The lowest BCUT2D eigenvalue weighted by atomic mass is 10.2. The van der Waals surface area contributed by atoms with Gasteiger partial charge >= 0.3 is 0 Å². The second-order valence-electron chi connectivity index (χ2n) is 7.88. The first kappa shape index (κ1) is 23.8. The molecule has 9 nitrogen and oxygen atoms in total. The van der Waals surface area contributed by atoms with Crippen molar-refractivity contribution in [3.8, 4) is 0 Å². The Balaban J connectivity index is 0.00000228. The summed E-state index contributed by atoms with van der Waals surface area (Å²) in [7, 11) is -3.75. The largest absolute Gasteiger partial charge is 0.374 e. The van der Waals surface area contributed by atoms with Gasteiger partial charge in [-0.15, -0.1) is 0 Å². The summed E-state index contributed by atoms with van der Waals surface area (Å²) in [5, 5.41) is 3.81. The molecule has 1 amide bonds. The quantitative estimate of drug-likeness (QED) is 0.506. The van der Waals surface area contributed by atoms with Gasteiger partial charge < -0.3 is 15.1 Å². The van der Waals surface area contributed by atoms with E-state index in [-0.39, 0.29) is 25.5 Å². The summed E-state index contributed by atoms with van der Waals surface area (Å²) in [6.45, 7) is 4.30. The van der Waals surface area contributed by atoms with E-state index in [2.05, 4.69) is 24.9 Å². The molecule has 0 aliphatic carbocycles. The predicted octanol–water partition coefficient (Wildman–Crippen LogP) is 3.57. The minimum absolute atomic E-state index is 0. The van der Waals surface area contributed by atoms with Gasteiger partial charge in [0.05, 0.1) is 4.90 Å². The number of nitrogens with one attached hydrogen (secondary N) is 2. The monoisotopic (exact) mass is 504 g/mol. The molecule has 1 aromatic heterocycles. The third-order valence-electron chi connectivity index (χ3n) is 5.50. The van der Waals surface area contributed by atoms with E-state index in [0.717, 1.165) is 11.4 Å². The topological polar surface area (TPSA) is 108 Å². The molecule has 0 radical (unpaired) electrons. The number of hydrogen-bond donors (Lipinski definition) is 2. The van der Waals surface area contributed by atoms with Crippen molar-refractivity contribution >= 4 is 44.7 Å². The smallest absolute Gasteiger partial charge is 0.263 e. The molecule has 1 saturated heterocycles. The Hall–Kier alpha value is -3.37. The van der Waals surface area contributed by atoms with E-state index in [4.69, 9.17) is 11.6 Å². The minimum Gasteiger partial charge on any atom is -0.374 e. The van der Waals surface area contributed by atoms with Crippen LogP contribution >= 0.6 is 11.6 Å². The molecule has 1 aliphatic rings. The summed E-state index contributed by atoms with van der Waals surface area (Å²) in [4.78, 5) is 24.6. The average molecular weight is 505 g/mol. The molecule has 1 aliphatic heterocycles. The van der Waals surface area contributed by atoms with Gasteiger partial charge in [-0.3, -0.25) is 9.52 Å². The second kappa shape index (κ2) is 10.3. The van der Waals surface area contributed by atoms with Crippen LogP contribution in [0.25, 0.3) is 0 Å². The lowest BCUT2D eigenvalue weighted by Gasteiger charge is -2.37. The molecule has 2 heterocycles. The van der Waals surface area contributed by atoms with Crippen molar-refractivity contribution in [3.05, 3.63) is 72.1 Å². The van der Waals surface area contributed by atoms with E-state index < -0.39 is 10.0 Å². The van der Waals surface area contributed by atoms with Crippen LogP contribution < -0.4 is 14.9 Å². The lowest BCUT2D eigenvalue weighted by molar-refractivity contribution is -0.131. The molecule has 0 spiro atoms. The van der Waals surface area contributed by atoms with E-state index >= 15 is 0 Å². The van der Waals surface area contributed by atoms with E-state index in [9.17, 15) is 13.2 Å². The molecule has 0 saturated carbocycles. The normalized spacial score (nSPS) is 15.0. The van der Waals surface area contributed by atoms with E-state index in [0.29, 0.717) is 31.2 Å². The van der Waals surface area contributed by atoms with Gasteiger partial charge in [0, 0.05) is 51.6 Å². The number of nitrogens with zero attached hydrogens (tertiary/aromatic N) is 4. The van der Waals surface area contributed by atoms with Crippen LogP contribution in [0.15, 0.2) is 72.0 Å². The number of anilines is 3. The van der Waals surface area contributed by atoms with Gasteiger partial charge in [0.2, 0.25) is 5.91 Å². The van der Waals surface area contributed by atoms with Crippen LogP contribution in [0.2, 0.25) is 5.02 Å². The van der Waals surface area contributed by atoms with Gasteiger partial charge in [-0.25, -0.2) is 18.4 Å². The maximum Gasteiger partial charge on any atom is 0.263 e. The highest BCUT2D eigenvalue weighted by molar-refractivity contribution is 7.92. The third kappa shape index (κ3) is 5.75. The van der Waals surface area contributed by atoms with Crippen molar-refractivity contribution in [2.24, 2.45) is 0 Å². The van der Waals surface area contributed by atoms with Crippen molar-refractivity contribution in [2.75, 3.05) is 41.1 Å². The highest BCUT2D eigenvalue weighted by Gasteiger charge is 2.25. The zero-order chi connectivity index (χ0) is 24.1. The number of rotatable bonds is 7. The highest BCUT2D eigenvalue weighted by atomic mass is 35.5. The summed E-state index contributed by atoms with van der Waals surface area (Å²) < 4.78 is 27.6. The van der Waals surface area contributed by atoms with Gasteiger partial charge in [-0.2, -0.15) is 0 Å². The highest BCUT2D eigenvalue weighted by Crippen LogP contribution is 2.22. The zero-order valence-electron chi connectivity index (χ0n) is 18.6. The average Bonchev–Trinajstić information content (AvgIpc) is 2.84. The fourth-order valence-electron chi connectivity index (χ4n) is 3.73. The minimum atomic E-state index is -3.75. The summed E-state index contributed by atoms with van der Waals surface area (Å²) in [6, 6.07) is 15.1. The first-order chi connectivity index (χ1) is 16.3. The van der Waals surface area contributed by atoms with Crippen LogP contribution in [-0.2, 0) is 14.8 Å². The molecule has 2 aromatic carbocycles. The molecule has 3 aromatic rings. The number of halogens is 1. The number of sulfonamides is 1. The number of aromatic nitrogens is 2. The zero-order valence-corrected chi connectivity index (χ0v) is 20.1. The van der Waals surface area contributed by atoms with E-state index in [1.165, 1.54) is 18.6 Å². The Kier molecular flexibility index (Phi) is 7.18. The summed E-state index contributed by atoms with van der Waals surface area (Å²) in [5.41, 5.74) is 1.70. The number of benzene rings is 2. The Morgan fingerprint density at radius 3 is 2.47 bits per heavy atom. The molecular weight excluding hydrogens is 476 g/mol. The van der Waals surface area contributed by atoms with Crippen LogP contribution in [0.5, 0.6) is 0 Å². The summed E-state index contributed by atoms with van der Waals surface area (Å²) in [5.74, 6) is 0.232. The molecule has 1 fully saturated rings. The number of carbonyl (C=O) groups is 1. The molecule has 182 valence electrons. The van der Waals surface area contributed by atoms with Crippen molar-refractivity contribution in [1.82, 2.24) is 14.9 Å². The predicted molar refractivity (Wildman–Crippen MR) is 137 cm³/mol. The molecule has 1 atom stereocenters. The van der Waals surface area contributed by atoms with Crippen LogP contribution in [0, 0.1) is 0 Å². The fourth-order valence-corrected chi connectivity index (χ4v) is 4.93. The molecule has 0 bridgehead atoms. The summed E-state index contributed by atoms with van der Waals surface area (Å²) in [6.07, 6.45) is 2.74. The van der Waals surface area contributed by atoms with Crippen LogP contribution in [0.4, 0.5) is 17.2 Å². The Morgan fingerprint density at radius 1 is 1.09 bits per heavy atom. The van der Waals surface area contributed by atoms with Gasteiger partial charge in [0.25, 0.3) is 10.0 Å². The number of hydrogen-bond acceptors (Lipinski definition) is 7. The maximum absolute atomic E-state index is 12.9. The first-order valence-electron chi connectivity index (χ1n) is 10.8. The fraction of sp³-hybridized carbons (Fsp3) is 0.261. The Morgan fingerprint density at radius 2 is 1.82 bits per heavy atom. The molecule has 34 heavy (non-hydrogen) atoms. The van der Waals surface area contributed by atoms with Crippen LogP contribution in [0.3, 0.4) is 0 Å². The van der Waals surface area contributed by atoms with Gasteiger partial charge in [-0.05, 0) is 55.5 Å². The lowest BCUT2D eigenvalue weighted by Crippen LogP contribution is -2.52.